The molecule has 2 aromatic rings. The maximum absolute atomic E-state index is 13.1. The third-order valence-corrected chi connectivity index (χ3v) is 5.65. The van der Waals surface area contributed by atoms with Crippen LogP contribution in [-0.4, -0.2) is 65.9 Å². The van der Waals surface area contributed by atoms with Crippen molar-refractivity contribution in [1.29, 1.82) is 0 Å². The summed E-state index contributed by atoms with van der Waals surface area (Å²) in [4.78, 5) is 36.4. The molecule has 0 saturated carbocycles. The molecule has 146 valence electrons. The number of aromatic nitrogens is 1. The molecule has 1 aromatic heterocycles. The molecule has 0 atom stereocenters. The van der Waals surface area contributed by atoms with Gasteiger partial charge in [0.2, 0.25) is 0 Å². The molecule has 3 heterocycles. The second kappa shape index (κ2) is 8.10. The van der Waals surface area contributed by atoms with Crippen molar-refractivity contribution in [2.45, 2.75) is 19.8 Å². The molecule has 0 aliphatic carbocycles. The standard InChI is InChI=1S/C22H26N4O2/c1-2-24-13-15-25(16-14-24)21(27)18-9-5-10-19(23-18)22(28)26-12-6-8-17-7-3-4-11-20(17)26/h3-5,7,9-11H,2,6,8,12-16H2,1H3. The van der Waals surface area contributed by atoms with Crippen LogP contribution in [0.1, 0.15) is 39.9 Å². The summed E-state index contributed by atoms with van der Waals surface area (Å²) in [7, 11) is 0. The van der Waals surface area contributed by atoms with Gasteiger partial charge in [0.15, 0.2) is 0 Å². The minimum absolute atomic E-state index is 0.0931. The lowest BCUT2D eigenvalue weighted by atomic mass is 10.0. The number of anilines is 1. The molecule has 0 unspecified atom stereocenters. The van der Waals surface area contributed by atoms with Gasteiger partial charge in [-0.2, -0.15) is 0 Å². The van der Waals surface area contributed by atoms with Crippen molar-refractivity contribution in [1.82, 2.24) is 14.8 Å². The summed E-state index contributed by atoms with van der Waals surface area (Å²) in [5, 5.41) is 0. The number of aryl methyl sites for hydroxylation is 1. The van der Waals surface area contributed by atoms with E-state index in [-0.39, 0.29) is 11.8 Å². The Morgan fingerprint density at radius 2 is 1.61 bits per heavy atom. The molecule has 2 aliphatic rings. The number of carbonyl (C=O) groups excluding carboxylic acids is 2. The van der Waals surface area contributed by atoms with Crippen LogP contribution < -0.4 is 4.90 Å². The molecule has 0 radical (unpaired) electrons. The Balaban J connectivity index is 1.53. The van der Waals surface area contributed by atoms with Gasteiger partial charge in [-0.3, -0.25) is 9.59 Å². The van der Waals surface area contributed by atoms with E-state index < -0.39 is 0 Å². The molecule has 0 bridgehead atoms. The molecular weight excluding hydrogens is 352 g/mol. The normalized spacial score (nSPS) is 17.3. The fourth-order valence-electron chi connectivity index (χ4n) is 3.98. The summed E-state index contributed by atoms with van der Waals surface area (Å²) in [6.45, 7) is 6.97. The Morgan fingerprint density at radius 3 is 2.36 bits per heavy atom. The lowest BCUT2D eigenvalue weighted by molar-refractivity contribution is 0.0637. The van der Waals surface area contributed by atoms with E-state index >= 15 is 0 Å². The van der Waals surface area contributed by atoms with E-state index in [1.165, 1.54) is 5.56 Å². The van der Waals surface area contributed by atoms with Crippen LogP contribution in [0.25, 0.3) is 0 Å². The van der Waals surface area contributed by atoms with Crippen molar-refractivity contribution >= 4 is 17.5 Å². The third kappa shape index (κ3) is 3.64. The zero-order chi connectivity index (χ0) is 19.5. The maximum atomic E-state index is 13.1. The molecule has 2 amide bonds. The van der Waals surface area contributed by atoms with Gasteiger partial charge in [0.25, 0.3) is 11.8 Å². The van der Waals surface area contributed by atoms with Crippen LogP contribution in [0.4, 0.5) is 5.69 Å². The van der Waals surface area contributed by atoms with Crippen LogP contribution >= 0.6 is 0 Å². The van der Waals surface area contributed by atoms with Crippen LogP contribution in [0.15, 0.2) is 42.5 Å². The number of hydrogen-bond donors (Lipinski definition) is 0. The maximum Gasteiger partial charge on any atom is 0.276 e. The van der Waals surface area contributed by atoms with Crippen LogP contribution in [0, 0.1) is 0 Å². The van der Waals surface area contributed by atoms with Crippen molar-refractivity contribution < 1.29 is 9.59 Å². The van der Waals surface area contributed by atoms with Crippen molar-refractivity contribution in [3.8, 4) is 0 Å². The first kappa shape index (κ1) is 18.6. The number of benzene rings is 1. The molecule has 0 N–H and O–H groups in total. The van der Waals surface area contributed by atoms with Crippen LogP contribution in [-0.2, 0) is 6.42 Å². The highest BCUT2D eigenvalue weighted by molar-refractivity contribution is 6.06. The van der Waals surface area contributed by atoms with Gasteiger partial charge < -0.3 is 14.7 Å². The zero-order valence-electron chi connectivity index (χ0n) is 16.3. The molecule has 28 heavy (non-hydrogen) atoms. The highest BCUT2D eigenvalue weighted by Gasteiger charge is 2.26. The lowest BCUT2D eigenvalue weighted by Gasteiger charge is -2.34. The number of para-hydroxylation sites is 1. The average molecular weight is 378 g/mol. The average Bonchev–Trinajstić information content (AvgIpc) is 2.78. The Bertz CT molecular complexity index is 874. The number of likely N-dealkylation sites (N-methyl/N-ethyl adjacent to an activating group) is 1. The summed E-state index contributed by atoms with van der Waals surface area (Å²) in [6, 6.07) is 13.2. The molecule has 6 heteroatoms. The Labute approximate surface area is 165 Å². The van der Waals surface area contributed by atoms with Gasteiger partial charge in [-0.15, -0.1) is 0 Å². The molecule has 1 aromatic carbocycles. The monoisotopic (exact) mass is 378 g/mol. The van der Waals surface area contributed by atoms with E-state index in [1.54, 1.807) is 23.1 Å². The van der Waals surface area contributed by atoms with Gasteiger partial charge in [-0.1, -0.05) is 31.2 Å². The van der Waals surface area contributed by atoms with Gasteiger partial charge in [-0.05, 0) is 43.1 Å². The van der Waals surface area contributed by atoms with Gasteiger partial charge in [0.05, 0.1) is 0 Å². The van der Waals surface area contributed by atoms with Crippen molar-refractivity contribution in [3.63, 3.8) is 0 Å². The van der Waals surface area contributed by atoms with Crippen molar-refractivity contribution in [3.05, 3.63) is 59.4 Å². The zero-order valence-corrected chi connectivity index (χ0v) is 16.3. The molecule has 6 nitrogen and oxygen atoms in total. The molecule has 1 fully saturated rings. The van der Waals surface area contributed by atoms with Crippen LogP contribution in [0.5, 0.6) is 0 Å². The highest BCUT2D eigenvalue weighted by atomic mass is 16.2. The van der Waals surface area contributed by atoms with Gasteiger partial charge in [0.1, 0.15) is 11.4 Å². The number of carbonyl (C=O) groups is 2. The number of amides is 2. The quantitative estimate of drug-likeness (QED) is 0.823. The Hall–Kier alpha value is -2.73. The second-order valence-corrected chi connectivity index (χ2v) is 7.32. The molecule has 4 rings (SSSR count). The fourth-order valence-corrected chi connectivity index (χ4v) is 3.98. The largest absolute Gasteiger partial charge is 0.335 e. The van der Waals surface area contributed by atoms with Crippen LogP contribution in [0.2, 0.25) is 0 Å². The second-order valence-electron chi connectivity index (χ2n) is 7.32. The summed E-state index contributed by atoms with van der Waals surface area (Å²) in [5.41, 5.74) is 2.81. The molecule has 2 aliphatic heterocycles. The summed E-state index contributed by atoms with van der Waals surface area (Å²) in [6.07, 6.45) is 1.92. The van der Waals surface area contributed by atoms with Gasteiger partial charge >= 0.3 is 0 Å². The first-order valence-corrected chi connectivity index (χ1v) is 10.1. The number of pyridine rings is 1. The third-order valence-electron chi connectivity index (χ3n) is 5.65. The Kier molecular flexibility index (Phi) is 5.39. The topological polar surface area (TPSA) is 56.8 Å². The summed E-state index contributed by atoms with van der Waals surface area (Å²) >= 11 is 0. The smallest absolute Gasteiger partial charge is 0.276 e. The number of fused-ring (bicyclic) bond motifs is 1. The van der Waals surface area contributed by atoms with Crippen molar-refractivity contribution in [2.24, 2.45) is 0 Å². The first-order chi connectivity index (χ1) is 13.7. The lowest BCUT2D eigenvalue weighted by Crippen LogP contribution is -2.48. The number of hydrogen-bond acceptors (Lipinski definition) is 4. The number of rotatable bonds is 3. The summed E-state index contributed by atoms with van der Waals surface area (Å²) < 4.78 is 0. The SMILES string of the molecule is CCN1CCN(C(=O)c2cccc(C(=O)N3CCCc4ccccc43)n2)CC1. The van der Waals surface area contributed by atoms with E-state index in [4.69, 9.17) is 0 Å². The minimum atomic E-state index is -0.141. The van der Waals surface area contributed by atoms with E-state index in [1.807, 2.05) is 23.1 Å². The summed E-state index contributed by atoms with van der Waals surface area (Å²) in [5.74, 6) is -0.234. The van der Waals surface area contributed by atoms with Crippen LogP contribution in [0.3, 0.4) is 0 Å². The highest BCUT2D eigenvalue weighted by Crippen LogP contribution is 2.27. The van der Waals surface area contributed by atoms with E-state index in [0.29, 0.717) is 31.0 Å². The number of piperazine rings is 1. The first-order valence-electron chi connectivity index (χ1n) is 10.1. The van der Waals surface area contributed by atoms with E-state index in [0.717, 1.165) is 38.2 Å². The predicted molar refractivity (Wildman–Crippen MR) is 109 cm³/mol. The van der Waals surface area contributed by atoms with Gasteiger partial charge in [-0.25, -0.2) is 4.98 Å². The number of nitrogens with zero attached hydrogens (tertiary/aromatic N) is 4. The van der Waals surface area contributed by atoms with E-state index in [9.17, 15) is 9.59 Å². The Morgan fingerprint density at radius 1 is 0.893 bits per heavy atom. The van der Waals surface area contributed by atoms with E-state index in [2.05, 4.69) is 22.9 Å². The van der Waals surface area contributed by atoms with Gasteiger partial charge in [0, 0.05) is 38.4 Å². The molecule has 1 saturated heterocycles. The molecule has 0 spiro atoms. The molecular formula is C22H26N4O2. The predicted octanol–water partition coefficient (Wildman–Crippen LogP) is 2.45. The fraction of sp³-hybridized carbons (Fsp3) is 0.409. The minimum Gasteiger partial charge on any atom is -0.335 e. The van der Waals surface area contributed by atoms with Crippen molar-refractivity contribution in [2.75, 3.05) is 44.2 Å².